The molecule has 0 unspecified atom stereocenters. The van der Waals surface area contributed by atoms with Gasteiger partial charge in [-0.05, 0) is 86.2 Å². The van der Waals surface area contributed by atoms with E-state index in [-0.39, 0.29) is 11.8 Å². The highest BCUT2D eigenvalue weighted by Gasteiger charge is 2.74. The van der Waals surface area contributed by atoms with E-state index >= 15 is 0 Å². The minimum absolute atomic E-state index is 0.0262. The van der Waals surface area contributed by atoms with Gasteiger partial charge in [0, 0.05) is 17.9 Å². The first-order valence-corrected chi connectivity index (χ1v) is 11.4. The molecule has 0 atom stereocenters. The monoisotopic (exact) mass is 430 g/mol. The number of hydrogen-bond donors (Lipinski definition) is 4. The van der Waals surface area contributed by atoms with Crippen LogP contribution in [0.5, 0.6) is 0 Å². The van der Waals surface area contributed by atoms with Gasteiger partial charge in [0.05, 0.1) is 10.8 Å². The molecule has 2 bridgehead atoms. The quantitative estimate of drug-likeness (QED) is 0.542. The summed E-state index contributed by atoms with van der Waals surface area (Å²) < 4.78 is 0. The highest BCUT2D eigenvalue weighted by molar-refractivity contribution is 6.05. The maximum atomic E-state index is 12.9. The van der Waals surface area contributed by atoms with Gasteiger partial charge in [-0.1, -0.05) is 30.3 Å². The van der Waals surface area contributed by atoms with E-state index < -0.39 is 10.8 Å². The summed E-state index contributed by atoms with van der Waals surface area (Å²) in [5.41, 5.74) is 10.1. The number of rotatable bonds is 7. The van der Waals surface area contributed by atoms with Gasteiger partial charge in [-0.3, -0.25) is 9.59 Å². The molecular formula is C26H30N4O2. The number of carbonyl (C=O) groups excluding carboxylic acids is 2. The fourth-order valence-electron chi connectivity index (χ4n) is 5.37. The van der Waals surface area contributed by atoms with Gasteiger partial charge in [0.25, 0.3) is 0 Å². The zero-order chi connectivity index (χ0) is 22.2. The Morgan fingerprint density at radius 2 is 1.44 bits per heavy atom. The van der Waals surface area contributed by atoms with Crippen LogP contribution in [0.2, 0.25) is 0 Å². The van der Waals surface area contributed by atoms with Gasteiger partial charge in [-0.2, -0.15) is 0 Å². The molecule has 32 heavy (non-hydrogen) atoms. The van der Waals surface area contributed by atoms with Crippen LogP contribution in [0.3, 0.4) is 0 Å². The summed E-state index contributed by atoms with van der Waals surface area (Å²) in [6.45, 7) is 2.52. The third kappa shape index (κ3) is 3.74. The molecule has 4 aliphatic rings. The molecule has 1 heterocycles. The van der Waals surface area contributed by atoms with Crippen LogP contribution in [-0.4, -0.2) is 31.4 Å². The predicted molar refractivity (Wildman–Crippen MR) is 127 cm³/mol. The Morgan fingerprint density at radius 1 is 0.875 bits per heavy atom. The second-order valence-corrected chi connectivity index (χ2v) is 9.50. The van der Waals surface area contributed by atoms with Crippen molar-refractivity contribution in [3.05, 3.63) is 65.7 Å². The molecule has 3 fully saturated rings. The van der Waals surface area contributed by atoms with Crippen molar-refractivity contribution in [1.82, 2.24) is 5.32 Å². The van der Waals surface area contributed by atoms with Gasteiger partial charge in [-0.15, -0.1) is 0 Å². The first kappa shape index (κ1) is 20.9. The summed E-state index contributed by atoms with van der Waals surface area (Å²) in [7, 11) is 0. The van der Waals surface area contributed by atoms with Gasteiger partial charge in [-0.25, -0.2) is 0 Å². The van der Waals surface area contributed by atoms with Crippen molar-refractivity contribution >= 4 is 28.8 Å². The lowest BCUT2D eigenvalue weighted by Gasteiger charge is -2.67. The Kier molecular flexibility index (Phi) is 5.35. The SMILES string of the molecule is NCCc1ccc(NC(=O)C23CC(C(=O)Nc4ccc(C5=CCNCC5)cc4)(C2)C3)cc1. The van der Waals surface area contributed by atoms with Crippen LogP contribution < -0.4 is 21.7 Å². The van der Waals surface area contributed by atoms with Crippen molar-refractivity contribution in [3.8, 4) is 0 Å². The Balaban J connectivity index is 1.14. The summed E-state index contributed by atoms with van der Waals surface area (Å²) in [6.07, 6.45) is 5.95. The average molecular weight is 431 g/mol. The summed E-state index contributed by atoms with van der Waals surface area (Å²) in [5, 5.41) is 9.41. The van der Waals surface area contributed by atoms with Crippen molar-refractivity contribution in [3.63, 3.8) is 0 Å². The molecule has 2 amide bonds. The average Bonchev–Trinajstić information content (AvgIpc) is 2.75. The van der Waals surface area contributed by atoms with Crippen molar-refractivity contribution in [2.45, 2.75) is 32.1 Å². The van der Waals surface area contributed by atoms with E-state index in [1.807, 2.05) is 36.4 Å². The summed E-state index contributed by atoms with van der Waals surface area (Å²) in [6, 6.07) is 15.9. The van der Waals surface area contributed by atoms with Crippen molar-refractivity contribution in [1.29, 1.82) is 0 Å². The number of amides is 2. The van der Waals surface area contributed by atoms with E-state index in [0.29, 0.717) is 25.8 Å². The molecule has 0 saturated heterocycles. The normalized spacial score (nSPS) is 25.7. The molecule has 5 N–H and O–H groups in total. The first-order valence-electron chi connectivity index (χ1n) is 11.4. The minimum atomic E-state index is -0.390. The van der Waals surface area contributed by atoms with Crippen LogP contribution in [0, 0.1) is 10.8 Å². The van der Waals surface area contributed by atoms with E-state index in [1.165, 1.54) is 11.1 Å². The third-order valence-electron chi connectivity index (χ3n) is 7.22. The van der Waals surface area contributed by atoms with Crippen LogP contribution in [0.15, 0.2) is 54.6 Å². The van der Waals surface area contributed by atoms with E-state index in [0.717, 1.165) is 42.9 Å². The number of nitrogens with one attached hydrogen (secondary N) is 3. The maximum Gasteiger partial charge on any atom is 0.230 e. The van der Waals surface area contributed by atoms with Crippen LogP contribution in [-0.2, 0) is 16.0 Å². The molecule has 1 aliphatic heterocycles. The molecule has 3 saturated carbocycles. The molecule has 2 aromatic carbocycles. The van der Waals surface area contributed by atoms with Gasteiger partial charge >= 0.3 is 0 Å². The molecule has 0 spiro atoms. The Bertz CT molecular complexity index is 1040. The molecule has 2 aromatic rings. The Morgan fingerprint density at radius 3 is 1.94 bits per heavy atom. The van der Waals surface area contributed by atoms with Crippen LogP contribution in [0.25, 0.3) is 5.57 Å². The first-order chi connectivity index (χ1) is 15.5. The fourth-order valence-corrected chi connectivity index (χ4v) is 5.37. The summed E-state index contributed by atoms with van der Waals surface area (Å²) in [5.74, 6) is 0.0606. The third-order valence-corrected chi connectivity index (χ3v) is 7.22. The summed E-state index contributed by atoms with van der Waals surface area (Å²) >= 11 is 0. The zero-order valence-electron chi connectivity index (χ0n) is 18.2. The standard InChI is InChI=1S/C26H30N4O2/c27-12-9-18-1-5-21(6-2-18)29-23(31)25-15-26(16-25,17-25)24(32)30-22-7-3-19(4-8-22)20-10-13-28-14-11-20/h1-8,10,28H,9,11-17,27H2,(H,29,31)(H,30,32). The lowest BCUT2D eigenvalue weighted by atomic mass is 9.34. The zero-order valence-corrected chi connectivity index (χ0v) is 18.2. The van der Waals surface area contributed by atoms with E-state index in [1.54, 1.807) is 0 Å². The smallest absolute Gasteiger partial charge is 0.230 e. The van der Waals surface area contributed by atoms with E-state index in [4.69, 9.17) is 5.73 Å². The highest BCUT2D eigenvalue weighted by atomic mass is 16.2. The number of hydrogen-bond acceptors (Lipinski definition) is 4. The van der Waals surface area contributed by atoms with Gasteiger partial charge in [0.1, 0.15) is 0 Å². The van der Waals surface area contributed by atoms with E-state index in [2.05, 4.69) is 34.2 Å². The maximum absolute atomic E-state index is 12.9. The fraction of sp³-hybridized carbons (Fsp3) is 0.385. The minimum Gasteiger partial charge on any atom is -0.330 e. The Labute approximate surface area is 188 Å². The molecule has 166 valence electrons. The molecule has 6 rings (SSSR count). The predicted octanol–water partition coefficient (Wildman–Crippen LogP) is 3.31. The Hall–Kier alpha value is -2.96. The topological polar surface area (TPSA) is 96.2 Å². The molecule has 6 heteroatoms. The number of nitrogens with two attached hydrogens (primary N) is 1. The van der Waals surface area contributed by atoms with Gasteiger partial charge in [0.15, 0.2) is 0 Å². The second kappa shape index (κ2) is 8.19. The van der Waals surface area contributed by atoms with Crippen molar-refractivity contribution in [2.75, 3.05) is 30.3 Å². The lowest BCUT2D eigenvalue weighted by Crippen LogP contribution is -2.70. The van der Waals surface area contributed by atoms with Crippen LogP contribution in [0.1, 0.15) is 36.8 Å². The van der Waals surface area contributed by atoms with Crippen molar-refractivity contribution in [2.24, 2.45) is 16.6 Å². The molecule has 0 radical (unpaired) electrons. The lowest BCUT2D eigenvalue weighted by molar-refractivity contribution is -0.201. The van der Waals surface area contributed by atoms with Gasteiger partial charge < -0.3 is 21.7 Å². The molecule has 0 aromatic heterocycles. The molecular weight excluding hydrogens is 400 g/mol. The molecule has 6 nitrogen and oxygen atoms in total. The van der Waals surface area contributed by atoms with Crippen LogP contribution >= 0.6 is 0 Å². The second-order valence-electron chi connectivity index (χ2n) is 9.50. The van der Waals surface area contributed by atoms with Gasteiger partial charge in [0.2, 0.25) is 11.8 Å². The van der Waals surface area contributed by atoms with Crippen LogP contribution in [0.4, 0.5) is 11.4 Å². The molecule has 3 aliphatic carbocycles. The number of anilines is 2. The largest absolute Gasteiger partial charge is 0.330 e. The van der Waals surface area contributed by atoms with Crippen molar-refractivity contribution < 1.29 is 9.59 Å². The number of carbonyl (C=O) groups is 2. The summed E-state index contributed by atoms with van der Waals surface area (Å²) in [4.78, 5) is 25.7. The van der Waals surface area contributed by atoms with E-state index in [9.17, 15) is 9.59 Å². The number of benzene rings is 2. The highest BCUT2D eigenvalue weighted by Crippen LogP contribution is 2.73.